The van der Waals surface area contributed by atoms with Crippen molar-refractivity contribution < 1.29 is 9.18 Å². The maximum Gasteiger partial charge on any atom is 0.254 e. The number of aliphatic imine (C=N–C) groups is 1. The van der Waals surface area contributed by atoms with Gasteiger partial charge in [0.15, 0.2) is 0 Å². The maximum absolute atomic E-state index is 13.4. The average Bonchev–Trinajstić information content (AvgIpc) is 3.38. The summed E-state index contributed by atoms with van der Waals surface area (Å²) in [6.07, 6.45) is 6.04. The number of carbonyl (C=O) groups is 1. The molecule has 2 heterocycles. The number of benzene rings is 2. The smallest absolute Gasteiger partial charge is 0.254 e. The lowest BCUT2D eigenvalue weighted by Gasteiger charge is -2.12. The monoisotopic (exact) mass is 485 g/mol. The third-order valence-corrected chi connectivity index (χ3v) is 7.75. The molecule has 0 bridgehead atoms. The molecule has 0 spiro atoms. The Morgan fingerprint density at radius 2 is 1.83 bits per heavy atom. The van der Waals surface area contributed by atoms with Gasteiger partial charge in [0.05, 0.1) is 5.56 Å². The van der Waals surface area contributed by atoms with Crippen LogP contribution in [-0.2, 0) is 19.4 Å². The summed E-state index contributed by atoms with van der Waals surface area (Å²) in [6, 6.07) is 18.5. The van der Waals surface area contributed by atoms with Crippen LogP contribution in [0.4, 0.5) is 9.39 Å². The zero-order valence-corrected chi connectivity index (χ0v) is 20.8. The summed E-state index contributed by atoms with van der Waals surface area (Å²) in [4.78, 5) is 19.4. The summed E-state index contributed by atoms with van der Waals surface area (Å²) in [5.41, 5.74) is 6.92. The van der Waals surface area contributed by atoms with Crippen LogP contribution < -0.4 is 5.32 Å². The minimum absolute atomic E-state index is 0.0582. The van der Waals surface area contributed by atoms with Gasteiger partial charge in [0.1, 0.15) is 10.8 Å². The molecule has 2 aromatic carbocycles. The number of fused-ring (bicyclic) bond motifs is 1. The quantitative estimate of drug-likeness (QED) is 0.298. The number of amides is 1. The Balaban J connectivity index is 1.45. The summed E-state index contributed by atoms with van der Waals surface area (Å²) in [7, 11) is 0. The van der Waals surface area contributed by atoms with Crippen molar-refractivity contribution in [3.05, 3.63) is 105 Å². The molecule has 1 N–H and O–H groups in total. The van der Waals surface area contributed by atoms with Crippen molar-refractivity contribution in [2.45, 2.75) is 46.1 Å². The van der Waals surface area contributed by atoms with E-state index >= 15 is 0 Å². The first-order valence-electron chi connectivity index (χ1n) is 12.0. The molecule has 0 saturated carbocycles. The molecule has 4 nitrogen and oxygen atoms in total. The van der Waals surface area contributed by atoms with Gasteiger partial charge in [-0.1, -0.05) is 30.3 Å². The molecule has 1 aliphatic rings. The Bertz CT molecular complexity index is 1380. The Kier molecular flexibility index (Phi) is 6.64. The predicted molar refractivity (Wildman–Crippen MR) is 141 cm³/mol. The number of thiophene rings is 1. The van der Waals surface area contributed by atoms with Crippen LogP contribution >= 0.6 is 11.3 Å². The molecule has 0 radical (unpaired) electrons. The fraction of sp³-hybridized carbons (Fsp3) is 0.241. The predicted octanol–water partition coefficient (Wildman–Crippen LogP) is 6.85. The number of aryl methyl sites for hydroxylation is 2. The van der Waals surface area contributed by atoms with Gasteiger partial charge < -0.3 is 9.88 Å². The van der Waals surface area contributed by atoms with Crippen molar-refractivity contribution in [3.63, 3.8) is 0 Å². The third-order valence-electron chi connectivity index (χ3n) is 6.55. The van der Waals surface area contributed by atoms with E-state index in [-0.39, 0.29) is 11.7 Å². The van der Waals surface area contributed by atoms with Gasteiger partial charge in [-0.25, -0.2) is 9.38 Å². The van der Waals surface area contributed by atoms with Crippen molar-refractivity contribution in [2.24, 2.45) is 4.99 Å². The van der Waals surface area contributed by atoms with Gasteiger partial charge in [0, 0.05) is 40.3 Å². The largest absolute Gasteiger partial charge is 0.348 e. The number of nitrogens with zero attached hydrogens (tertiary/aromatic N) is 2. The lowest BCUT2D eigenvalue weighted by Crippen LogP contribution is -2.24. The molecule has 35 heavy (non-hydrogen) atoms. The highest BCUT2D eigenvalue weighted by Gasteiger charge is 2.25. The van der Waals surface area contributed by atoms with Crippen molar-refractivity contribution in [1.82, 2.24) is 9.88 Å². The highest BCUT2D eigenvalue weighted by Crippen LogP contribution is 2.40. The molecule has 1 aliphatic carbocycles. The Morgan fingerprint density at radius 3 is 2.60 bits per heavy atom. The second-order valence-electron chi connectivity index (χ2n) is 8.96. The number of aromatic nitrogens is 1. The number of hydrogen-bond donors (Lipinski definition) is 1. The number of rotatable bonds is 6. The van der Waals surface area contributed by atoms with Crippen molar-refractivity contribution in [2.75, 3.05) is 0 Å². The van der Waals surface area contributed by atoms with E-state index in [1.54, 1.807) is 23.5 Å². The van der Waals surface area contributed by atoms with E-state index in [1.165, 1.54) is 17.0 Å². The van der Waals surface area contributed by atoms with E-state index in [9.17, 15) is 9.18 Å². The molecule has 0 aliphatic heterocycles. The van der Waals surface area contributed by atoms with Crippen LogP contribution in [0.2, 0.25) is 0 Å². The SMILES string of the molecule is Cc1cc(/C=N/c2sc3c(c2C(=O)NCc2ccccc2)CCCC3)c(C)n1-c1ccc(F)cc1. The highest BCUT2D eigenvalue weighted by atomic mass is 32.1. The van der Waals surface area contributed by atoms with Gasteiger partial charge >= 0.3 is 0 Å². The maximum atomic E-state index is 13.4. The third kappa shape index (κ3) is 4.84. The molecular formula is C29H28FN3OS. The second kappa shape index (κ2) is 10.0. The van der Waals surface area contributed by atoms with Gasteiger partial charge in [0.25, 0.3) is 5.91 Å². The average molecular weight is 486 g/mol. The molecule has 0 fully saturated rings. The van der Waals surface area contributed by atoms with E-state index in [1.807, 2.05) is 50.4 Å². The standard InChI is InChI=1S/C29H28FN3OS/c1-19-16-22(20(2)33(19)24-14-12-23(30)13-15-24)18-32-29-27(25-10-6-7-11-26(25)35-29)28(34)31-17-21-8-4-3-5-9-21/h3-5,8-9,12-16,18H,6-7,10-11,17H2,1-2H3,(H,31,34)/b32-18+. The first kappa shape index (κ1) is 23.2. The summed E-state index contributed by atoms with van der Waals surface area (Å²) in [5, 5.41) is 3.87. The molecule has 0 saturated heterocycles. The van der Waals surface area contributed by atoms with E-state index in [2.05, 4.69) is 16.0 Å². The Labute approximate surface area is 209 Å². The lowest BCUT2D eigenvalue weighted by atomic mass is 9.95. The van der Waals surface area contributed by atoms with Crippen LogP contribution in [0.15, 0.2) is 65.7 Å². The summed E-state index contributed by atoms with van der Waals surface area (Å²) in [6.45, 7) is 4.55. The van der Waals surface area contributed by atoms with E-state index < -0.39 is 0 Å². The van der Waals surface area contributed by atoms with Gasteiger partial charge in [-0.05, 0) is 81.0 Å². The van der Waals surface area contributed by atoms with E-state index in [4.69, 9.17) is 4.99 Å². The van der Waals surface area contributed by atoms with E-state index in [0.29, 0.717) is 6.54 Å². The molecule has 5 rings (SSSR count). The van der Waals surface area contributed by atoms with Crippen LogP contribution in [0.3, 0.4) is 0 Å². The normalized spacial score (nSPS) is 13.2. The van der Waals surface area contributed by atoms with Gasteiger partial charge in [-0.15, -0.1) is 11.3 Å². The van der Waals surface area contributed by atoms with Crippen molar-refractivity contribution in [1.29, 1.82) is 0 Å². The number of halogens is 1. The van der Waals surface area contributed by atoms with E-state index in [0.717, 1.165) is 70.0 Å². The van der Waals surface area contributed by atoms with Crippen LogP contribution in [0.1, 0.15) is 56.2 Å². The minimum Gasteiger partial charge on any atom is -0.348 e. The topological polar surface area (TPSA) is 46.4 Å². The zero-order valence-electron chi connectivity index (χ0n) is 20.0. The first-order valence-corrected chi connectivity index (χ1v) is 12.8. The minimum atomic E-state index is -0.252. The summed E-state index contributed by atoms with van der Waals surface area (Å²) < 4.78 is 15.5. The first-order chi connectivity index (χ1) is 17.0. The fourth-order valence-corrected chi connectivity index (χ4v) is 6.01. The summed E-state index contributed by atoms with van der Waals surface area (Å²) in [5.74, 6) is -0.310. The number of nitrogens with one attached hydrogen (secondary N) is 1. The van der Waals surface area contributed by atoms with Gasteiger partial charge in [0.2, 0.25) is 0 Å². The number of carbonyl (C=O) groups excluding carboxylic acids is 1. The molecule has 0 unspecified atom stereocenters. The van der Waals surface area contributed by atoms with Crippen molar-refractivity contribution in [3.8, 4) is 5.69 Å². The van der Waals surface area contributed by atoms with Crippen molar-refractivity contribution >= 4 is 28.5 Å². The van der Waals surface area contributed by atoms with Crippen LogP contribution in [0, 0.1) is 19.7 Å². The van der Waals surface area contributed by atoms with Crippen LogP contribution in [0.5, 0.6) is 0 Å². The Morgan fingerprint density at radius 1 is 1.09 bits per heavy atom. The number of hydrogen-bond acceptors (Lipinski definition) is 3. The zero-order chi connectivity index (χ0) is 24.4. The molecule has 0 atom stereocenters. The molecule has 6 heteroatoms. The second-order valence-corrected chi connectivity index (χ2v) is 10.0. The molecule has 1 amide bonds. The van der Waals surface area contributed by atoms with Gasteiger partial charge in [-0.3, -0.25) is 4.79 Å². The molecule has 2 aromatic heterocycles. The molecule has 178 valence electrons. The van der Waals surface area contributed by atoms with Crippen LogP contribution in [0.25, 0.3) is 5.69 Å². The summed E-state index contributed by atoms with van der Waals surface area (Å²) >= 11 is 1.64. The lowest BCUT2D eigenvalue weighted by molar-refractivity contribution is 0.0951. The fourth-order valence-electron chi connectivity index (χ4n) is 4.78. The highest BCUT2D eigenvalue weighted by molar-refractivity contribution is 7.16. The van der Waals surface area contributed by atoms with Gasteiger partial charge in [-0.2, -0.15) is 0 Å². The van der Waals surface area contributed by atoms with Crippen LogP contribution in [-0.4, -0.2) is 16.7 Å². The Hall–Kier alpha value is -3.51. The molecule has 4 aromatic rings. The molecular weight excluding hydrogens is 457 g/mol.